The fraction of sp³-hybridized carbons (Fsp3) is 0.455. The van der Waals surface area contributed by atoms with Crippen molar-refractivity contribution in [3.8, 4) is 5.75 Å². The Morgan fingerprint density at radius 1 is 1.13 bits per heavy atom. The summed E-state index contributed by atoms with van der Waals surface area (Å²) in [7, 11) is -3.16. The molecule has 84 valence electrons. The van der Waals surface area contributed by atoms with E-state index in [1.807, 2.05) is 6.92 Å². The van der Waals surface area contributed by atoms with Crippen molar-refractivity contribution >= 4 is 9.84 Å². The monoisotopic (exact) mass is 228 g/mol. The van der Waals surface area contributed by atoms with E-state index in [4.69, 9.17) is 5.11 Å². The summed E-state index contributed by atoms with van der Waals surface area (Å²) >= 11 is 0. The lowest BCUT2D eigenvalue weighted by molar-refractivity contribution is 0.475. The van der Waals surface area contributed by atoms with Gasteiger partial charge >= 0.3 is 0 Å². The van der Waals surface area contributed by atoms with Crippen molar-refractivity contribution in [3.63, 3.8) is 0 Å². The first-order valence-electron chi connectivity index (χ1n) is 5.08. The second-order valence-corrected chi connectivity index (χ2v) is 5.63. The zero-order valence-electron chi connectivity index (χ0n) is 8.81. The largest absolute Gasteiger partial charge is 0.508 e. The molecule has 0 fully saturated rings. The van der Waals surface area contributed by atoms with Crippen molar-refractivity contribution < 1.29 is 13.5 Å². The van der Waals surface area contributed by atoms with Crippen LogP contribution in [0.15, 0.2) is 29.2 Å². The van der Waals surface area contributed by atoms with Gasteiger partial charge in [-0.25, -0.2) is 8.42 Å². The lowest BCUT2D eigenvalue weighted by Crippen LogP contribution is -2.06. The van der Waals surface area contributed by atoms with E-state index in [9.17, 15) is 8.42 Å². The molecule has 1 aromatic carbocycles. The molecule has 0 radical (unpaired) electrons. The predicted molar refractivity (Wildman–Crippen MR) is 59.7 cm³/mol. The van der Waals surface area contributed by atoms with Crippen LogP contribution in [0.3, 0.4) is 0 Å². The number of aromatic hydroxyl groups is 1. The molecule has 0 saturated carbocycles. The Hall–Kier alpha value is -1.03. The smallest absolute Gasteiger partial charge is 0.178 e. The lowest BCUT2D eigenvalue weighted by atomic mass is 10.3. The van der Waals surface area contributed by atoms with Crippen molar-refractivity contribution in [1.29, 1.82) is 0 Å². The average Bonchev–Trinajstić information content (AvgIpc) is 2.18. The van der Waals surface area contributed by atoms with Gasteiger partial charge in [-0.05, 0) is 30.7 Å². The molecular weight excluding hydrogens is 212 g/mol. The molecule has 0 saturated heterocycles. The first kappa shape index (κ1) is 12.0. The van der Waals surface area contributed by atoms with E-state index in [0.717, 1.165) is 12.8 Å². The van der Waals surface area contributed by atoms with Crippen molar-refractivity contribution in [2.75, 3.05) is 5.75 Å². The van der Waals surface area contributed by atoms with E-state index in [1.54, 1.807) is 0 Å². The standard InChI is InChI=1S/C11H16O3S/c1-2-3-4-9-15(13,14)11-7-5-10(12)6-8-11/h5-8,12H,2-4,9H2,1H3. The van der Waals surface area contributed by atoms with Gasteiger partial charge in [-0.15, -0.1) is 0 Å². The van der Waals surface area contributed by atoms with E-state index in [-0.39, 0.29) is 16.4 Å². The molecule has 0 spiro atoms. The van der Waals surface area contributed by atoms with Gasteiger partial charge in [0.2, 0.25) is 0 Å². The maximum atomic E-state index is 11.7. The molecular formula is C11H16O3S. The van der Waals surface area contributed by atoms with Gasteiger partial charge in [-0.3, -0.25) is 0 Å². The van der Waals surface area contributed by atoms with Crippen LogP contribution in [0.1, 0.15) is 26.2 Å². The molecule has 0 aliphatic carbocycles. The van der Waals surface area contributed by atoms with Crippen LogP contribution in [0, 0.1) is 0 Å². The van der Waals surface area contributed by atoms with Crippen LogP contribution in [-0.4, -0.2) is 19.3 Å². The van der Waals surface area contributed by atoms with E-state index in [0.29, 0.717) is 6.42 Å². The van der Waals surface area contributed by atoms with Gasteiger partial charge in [-0.2, -0.15) is 0 Å². The third-order valence-electron chi connectivity index (χ3n) is 2.21. The van der Waals surface area contributed by atoms with E-state index < -0.39 is 9.84 Å². The molecule has 1 N–H and O–H groups in total. The van der Waals surface area contributed by atoms with Crippen molar-refractivity contribution in [1.82, 2.24) is 0 Å². The molecule has 15 heavy (non-hydrogen) atoms. The summed E-state index contributed by atoms with van der Waals surface area (Å²) in [6.45, 7) is 2.03. The van der Waals surface area contributed by atoms with Crippen LogP contribution in [0.4, 0.5) is 0 Å². The normalized spacial score (nSPS) is 11.5. The molecule has 3 nitrogen and oxygen atoms in total. The average molecular weight is 228 g/mol. The van der Waals surface area contributed by atoms with Gasteiger partial charge in [0.25, 0.3) is 0 Å². The summed E-state index contributed by atoms with van der Waals surface area (Å²) in [6, 6.07) is 5.67. The van der Waals surface area contributed by atoms with Gasteiger partial charge in [0.05, 0.1) is 10.6 Å². The molecule has 0 atom stereocenters. The Balaban J connectivity index is 2.73. The topological polar surface area (TPSA) is 54.4 Å². The van der Waals surface area contributed by atoms with Crippen LogP contribution in [0.25, 0.3) is 0 Å². The number of phenols is 1. The molecule has 0 aromatic heterocycles. The minimum absolute atomic E-state index is 0.0857. The van der Waals surface area contributed by atoms with Crippen molar-refractivity contribution in [2.24, 2.45) is 0 Å². The number of unbranched alkanes of at least 4 members (excludes halogenated alkanes) is 2. The minimum Gasteiger partial charge on any atom is -0.508 e. The number of phenolic OH excluding ortho intramolecular Hbond substituents is 1. The molecule has 0 heterocycles. The Labute approximate surface area is 90.7 Å². The summed E-state index contributed by atoms with van der Waals surface area (Å²) in [5.41, 5.74) is 0. The highest BCUT2D eigenvalue weighted by molar-refractivity contribution is 7.91. The molecule has 1 aromatic rings. The van der Waals surface area contributed by atoms with Gasteiger partial charge < -0.3 is 5.11 Å². The highest BCUT2D eigenvalue weighted by Crippen LogP contribution is 2.16. The predicted octanol–water partition coefficient (Wildman–Crippen LogP) is 2.36. The number of hydrogen-bond donors (Lipinski definition) is 1. The highest BCUT2D eigenvalue weighted by Gasteiger charge is 2.13. The van der Waals surface area contributed by atoms with Gasteiger partial charge in [-0.1, -0.05) is 19.8 Å². The first-order valence-corrected chi connectivity index (χ1v) is 6.73. The third kappa shape index (κ3) is 3.55. The zero-order valence-corrected chi connectivity index (χ0v) is 9.63. The summed E-state index contributed by atoms with van der Waals surface area (Å²) < 4.78 is 23.5. The molecule has 4 heteroatoms. The fourth-order valence-corrected chi connectivity index (χ4v) is 2.68. The Kier molecular flexibility index (Phi) is 4.15. The van der Waals surface area contributed by atoms with Crippen LogP contribution in [-0.2, 0) is 9.84 Å². The quantitative estimate of drug-likeness (QED) is 0.787. The molecule has 0 amide bonds. The van der Waals surface area contributed by atoms with Crippen LogP contribution in [0.2, 0.25) is 0 Å². The first-order chi connectivity index (χ1) is 7.06. The van der Waals surface area contributed by atoms with Crippen LogP contribution < -0.4 is 0 Å². The SMILES string of the molecule is CCCCCS(=O)(=O)c1ccc(O)cc1. The van der Waals surface area contributed by atoms with Crippen molar-refractivity contribution in [3.05, 3.63) is 24.3 Å². The van der Waals surface area contributed by atoms with Crippen molar-refractivity contribution in [2.45, 2.75) is 31.1 Å². The Morgan fingerprint density at radius 3 is 2.27 bits per heavy atom. The molecule has 0 aliphatic heterocycles. The zero-order chi connectivity index (χ0) is 11.3. The van der Waals surface area contributed by atoms with Gasteiger partial charge in [0, 0.05) is 0 Å². The fourth-order valence-electron chi connectivity index (χ4n) is 1.31. The minimum atomic E-state index is -3.16. The summed E-state index contributed by atoms with van der Waals surface area (Å²) in [4.78, 5) is 0.288. The molecule has 0 unspecified atom stereocenters. The second-order valence-electron chi connectivity index (χ2n) is 3.52. The number of benzene rings is 1. The highest BCUT2D eigenvalue weighted by atomic mass is 32.2. The second kappa shape index (κ2) is 5.16. The number of hydrogen-bond acceptors (Lipinski definition) is 3. The maximum Gasteiger partial charge on any atom is 0.178 e. The van der Waals surface area contributed by atoms with Crippen LogP contribution >= 0.6 is 0 Å². The van der Waals surface area contributed by atoms with E-state index in [2.05, 4.69) is 0 Å². The number of rotatable bonds is 5. The summed E-state index contributed by atoms with van der Waals surface area (Å²) in [6.07, 6.45) is 2.63. The Bertz CT molecular complexity index is 392. The third-order valence-corrected chi connectivity index (χ3v) is 4.03. The van der Waals surface area contributed by atoms with E-state index in [1.165, 1.54) is 24.3 Å². The molecule has 0 bridgehead atoms. The Morgan fingerprint density at radius 2 is 1.73 bits per heavy atom. The summed E-state index contributed by atoms with van der Waals surface area (Å²) in [5, 5.41) is 9.04. The number of sulfone groups is 1. The molecule has 0 aliphatic rings. The lowest BCUT2D eigenvalue weighted by Gasteiger charge is -2.03. The van der Waals surface area contributed by atoms with Crippen LogP contribution in [0.5, 0.6) is 5.75 Å². The van der Waals surface area contributed by atoms with Gasteiger partial charge in [0.1, 0.15) is 5.75 Å². The van der Waals surface area contributed by atoms with E-state index >= 15 is 0 Å². The van der Waals surface area contributed by atoms with Gasteiger partial charge in [0.15, 0.2) is 9.84 Å². The maximum absolute atomic E-state index is 11.7. The summed E-state index contributed by atoms with van der Waals surface area (Å²) in [5.74, 6) is 0.272. The molecule has 1 rings (SSSR count).